The molecule has 1 aliphatic rings. The van der Waals surface area contributed by atoms with Crippen molar-refractivity contribution in [3.63, 3.8) is 0 Å². The molecule has 0 N–H and O–H groups in total. The number of rotatable bonds is 0. The molecule has 0 saturated heterocycles. The lowest BCUT2D eigenvalue weighted by Crippen LogP contribution is -2.23. The fraction of sp³-hybridized carbons (Fsp3) is 0.455. The summed E-state index contributed by atoms with van der Waals surface area (Å²) in [6, 6.07) is 0.461. The van der Waals surface area contributed by atoms with E-state index in [1.807, 2.05) is 20.8 Å². The van der Waals surface area contributed by atoms with Gasteiger partial charge in [0.1, 0.15) is 5.82 Å². The van der Waals surface area contributed by atoms with Gasteiger partial charge in [-0.25, -0.2) is 4.98 Å². The van der Waals surface area contributed by atoms with Crippen LogP contribution in [0.3, 0.4) is 0 Å². The average Bonchev–Trinajstić information content (AvgIpc) is 2.40. The van der Waals surface area contributed by atoms with Gasteiger partial charge >= 0.3 is 0 Å². The number of amides is 1. The predicted octanol–water partition coefficient (Wildman–Crippen LogP) is 1.78. The van der Waals surface area contributed by atoms with E-state index >= 15 is 0 Å². The van der Waals surface area contributed by atoms with Gasteiger partial charge in [0.25, 0.3) is 0 Å². The summed E-state index contributed by atoms with van der Waals surface area (Å²) in [5.74, 6) is 0.445. The Labute approximate surface area is 85.2 Å². The minimum Gasteiger partial charge on any atom is -0.299 e. The summed E-state index contributed by atoms with van der Waals surface area (Å²) in [5.41, 5.74) is 2.46. The van der Waals surface area contributed by atoms with Gasteiger partial charge in [0.05, 0.1) is 7.29 Å². The molecule has 2 rings (SSSR count). The Bertz CT molecular complexity index is 456. The summed E-state index contributed by atoms with van der Waals surface area (Å²) in [6.45, 7) is 5.58. The zero-order chi connectivity index (χ0) is 11.3. The van der Waals surface area contributed by atoms with E-state index in [-0.39, 0.29) is 11.8 Å². The molecule has 0 aromatic carbocycles. The van der Waals surface area contributed by atoms with Gasteiger partial charge < -0.3 is 0 Å². The summed E-state index contributed by atoms with van der Waals surface area (Å²) in [7, 11) is 1.71. The largest absolute Gasteiger partial charge is 0.299 e. The van der Waals surface area contributed by atoms with E-state index in [1.165, 1.54) is 0 Å². The third-order valence-corrected chi connectivity index (χ3v) is 2.83. The Hall–Kier alpha value is -1.38. The number of pyridine rings is 1. The van der Waals surface area contributed by atoms with Gasteiger partial charge in [-0.3, -0.25) is 9.69 Å². The molecule has 0 spiro atoms. The second-order valence-corrected chi connectivity index (χ2v) is 3.80. The molecule has 3 nitrogen and oxygen atoms in total. The molecule has 1 atom stereocenters. The molecule has 14 heavy (non-hydrogen) atoms. The van der Waals surface area contributed by atoms with Gasteiger partial charge in [0.15, 0.2) is 0 Å². The number of aryl methyl sites for hydroxylation is 1. The van der Waals surface area contributed by atoms with Crippen molar-refractivity contribution in [2.24, 2.45) is 0 Å². The maximum absolute atomic E-state index is 11.7. The van der Waals surface area contributed by atoms with Crippen molar-refractivity contribution in [1.29, 1.82) is 0 Å². The van der Waals surface area contributed by atoms with Crippen LogP contribution in [-0.2, 0) is 4.79 Å². The van der Waals surface area contributed by atoms with Crippen molar-refractivity contribution in [1.82, 2.24) is 4.98 Å². The molecular weight excluding hydrogens is 176 g/mol. The van der Waals surface area contributed by atoms with E-state index < -0.39 is 0 Å². The summed E-state index contributed by atoms with van der Waals surface area (Å²) in [5, 5.41) is 0. The van der Waals surface area contributed by atoms with Crippen LogP contribution in [0.4, 0.5) is 5.82 Å². The minimum atomic E-state index is -0.232. The van der Waals surface area contributed by atoms with Crippen molar-refractivity contribution in [3.8, 4) is 0 Å². The first-order valence-corrected chi connectivity index (χ1v) is 4.70. The quantitative estimate of drug-likeness (QED) is 0.626. The summed E-state index contributed by atoms with van der Waals surface area (Å²) in [6.07, 6.45) is 0. The van der Waals surface area contributed by atoms with Crippen LogP contribution in [-0.4, -0.2) is 17.9 Å². The Kier molecular flexibility index (Phi) is 1.60. The normalized spacial score (nSPS) is 21.1. The van der Waals surface area contributed by atoms with Gasteiger partial charge in [-0.05, 0) is 32.4 Å². The van der Waals surface area contributed by atoms with Crippen molar-refractivity contribution >= 4 is 11.7 Å². The number of anilines is 1. The maximum atomic E-state index is 11.7. The lowest BCUT2D eigenvalue weighted by Gasteiger charge is -2.09. The van der Waals surface area contributed by atoms with Crippen molar-refractivity contribution in [2.75, 3.05) is 11.9 Å². The van der Waals surface area contributed by atoms with E-state index in [4.69, 9.17) is 1.37 Å². The number of carbonyl (C=O) groups is 1. The molecule has 1 aromatic heterocycles. The predicted molar refractivity (Wildman–Crippen MR) is 55.5 cm³/mol. The van der Waals surface area contributed by atoms with Crippen LogP contribution < -0.4 is 4.90 Å². The zero-order valence-electron chi connectivity index (χ0n) is 9.88. The third kappa shape index (κ3) is 1.05. The molecule has 0 radical (unpaired) electrons. The molecule has 1 aromatic rings. The Morgan fingerprint density at radius 2 is 2.21 bits per heavy atom. The maximum Gasteiger partial charge on any atom is 0.235 e. The molecule has 74 valence electrons. The molecule has 1 unspecified atom stereocenters. The van der Waals surface area contributed by atoms with Crippen molar-refractivity contribution < 1.29 is 6.17 Å². The highest BCUT2D eigenvalue weighted by Gasteiger charge is 2.33. The first kappa shape index (κ1) is 7.97. The molecule has 3 heteroatoms. The fourth-order valence-corrected chi connectivity index (χ4v) is 1.73. The second kappa shape index (κ2) is 2.80. The lowest BCUT2D eigenvalue weighted by molar-refractivity contribution is -0.118. The molecule has 2 heterocycles. The number of nitrogens with zero attached hydrogens (tertiary/aromatic N) is 2. The van der Waals surface area contributed by atoms with Crippen molar-refractivity contribution in [2.45, 2.75) is 26.7 Å². The zero-order valence-corrected chi connectivity index (χ0v) is 8.88. The molecule has 0 fully saturated rings. The van der Waals surface area contributed by atoms with E-state index in [0.717, 1.165) is 16.8 Å². The first-order chi connectivity index (χ1) is 6.95. The number of hydrogen-bond acceptors (Lipinski definition) is 2. The van der Waals surface area contributed by atoms with Crippen LogP contribution in [0.5, 0.6) is 0 Å². The highest BCUT2D eigenvalue weighted by Crippen LogP contribution is 2.35. The van der Waals surface area contributed by atoms with Crippen LogP contribution in [0.25, 0.3) is 0 Å². The lowest BCUT2D eigenvalue weighted by atomic mass is 10.0. The molecular formula is C11H14N2O. The topological polar surface area (TPSA) is 33.2 Å². The van der Waals surface area contributed by atoms with Gasteiger partial charge in [0, 0.05) is 18.3 Å². The third-order valence-electron chi connectivity index (χ3n) is 2.83. The molecule has 1 amide bonds. The van der Waals surface area contributed by atoms with Crippen molar-refractivity contribution in [3.05, 3.63) is 22.9 Å². The number of aromatic nitrogens is 1. The Morgan fingerprint density at radius 3 is 2.86 bits per heavy atom. The van der Waals surface area contributed by atoms with E-state index in [1.54, 1.807) is 11.9 Å². The van der Waals surface area contributed by atoms with Crippen LogP contribution in [0.1, 0.15) is 31.0 Å². The fourth-order valence-electron chi connectivity index (χ4n) is 1.73. The van der Waals surface area contributed by atoms with Crippen LogP contribution in [0.2, 0.25) is 0 Å². The summed E-state index contributed by atoms with van der Waals surface area (Å²) in [4.78, 5) is 17.7. The number of fused-ring (bicyclic) bond motifs is 1. The van der Waals surface area contributed by atoms with Gasteiger partial charge in [-0.15, -0.1) is 0 Å². The van der Waals surface area contributed by atoms with E-state index in [9.17, 15) is 4.79 Å². The minimum absolute atomic E-state index is 0.0241. The number of carbonyl (C=O) groups excluding carboxylic acids is 1. The van der Waals surface area contributed by atoms with Crippen LogP contribution in [0.15, 0.2) is 6.04 Å². The molecule has 0 bridgehead atoms. The highest BCUT2D eigenvalue weighted by atomic mass is 16.2. The summed E-state index contributed by atoms with van der Waals surface area (Å²) >= 11 is 0. The Balaban J connectivity index is 2.75. The number of hydrogen-bond donors (Lipinski definition) is 0. The molecule has 1 aliphatic heterocycles. The van der Waals surface area contributed by atoms with Gasteiger partial charge in [-0.2, -0.15) is 0 Å². The van der Waals surface area contributed by atoms with Gasteiger partial charge in [-0.1, -0.05) is 0 Å². The smallest absolute Gasteiger partial charge is 0.235 e. The standard InChI is InChI=1S/C11H14N2O/c1-6-5-9-7(2)11(14)13(4)10(9)12-8(6)3/h5,7H,1-4H3/i5D. The summed E-state index contributed by atoms with van der Waals surface area (Å²) < 4.78 is 8.01. The van der Waals surface area contributed by atoms with Crippen LogP contribution >= 0.6 is 0 Å². The first-order valence-electron chi connectivity index (χ1n) is 5.20. The molecule has 0 saturated carbocycles. The second-order valence-electron chi connectivity index (χ2n) is 3.80. The van der Waals surface area contributed by atoms with E-state index in [2.05, 4.69) is 4.98 Å². The monoisotopic (exact) mass is 191 g/mol. The van der Waals surface area contributed by atoms with Gasteiger partial charge in [0.2, 0.25) is 5.91 Å². The Morgan fingerprint density at radius 1 is 1.57 bits per heavy atom. The van der Waals surface area contributed by atoms with E-state index in [0.29, 0.717) is 11.9 Å². The highest BCUT2D eigenvalue weighted by molar-refractivity contribution is 6.03. The SMILES string of the molecule is [2H]c1c(C)c(C)nc2c1C(C)C(=O)N2C. The average molecular weight is 191 g/mol. The molecule has 0 aliphatic carbocycles. The number of likely N-dealkylation sites (N-methyl/N-ethyl adjacent to an activating group) is 1. The van der Waals surface area contributed by atoms with Crippen LogP contribution in [0, 0.1) is 13.8 Å².